The van der Waals surface area contributed by atoms with Gasteiger partial charge in [0.05, 0.1) is 0 Å². The fraction of sp³-hybridized carbons (Fsp3) is 0.692. The molecule has 1 N–H and O–H groups in total. The molecule has 0 radical (unpaired) electrons. The molecule has 0 bridgehead atoms. The highest BCUT2D eigenvalue weighted by Crippen LogP contribution is 2.22. The molecule has 0 spiro atoms. The Labute approximate surface area is 102 Å². The highest BCUT2D eigenvalue weighted by atomic mass is 16.4. The average Bonchev–Trinajstić information content (AvgIpc) is 2.26. The van der Waals surface area contributed by atoms with Crippen molar-refractivity contribution in [2.24, 2.45) is 5.92 Å². The van der Waals surface area contributed by atoms with Crippen LogP contribution in [0.3, 0.4) is 0 Å². The van der Waals surface area contributed by atoms with Crippen LogP contribution in [0.25, 0.3) is 0 Å². The predicted molar refractivity (Wildman–Crippen MR) is 65.6 cm³/mol. The molecule has 1 heterocycles. The first-order valence-electron chi connectivity index (χ1n) is 6.14. The lowest BCUT2D eigenvalue weighted by Crippen LogP contribution is -2.37. The van der Waals surface area contributed by atoms with Gasteiger partial charge in [0.2, 0.25) is 5.91 Å². The second-order valence-electron chi connectivity index (χ2n) is 4.92. The van der Waals surface area contributed by atoms with Crippen molar-refractivity contribution in [3.05, 3.63) is 11.6 Å². The summed E-state index contributed by atoms with van der Waals surface area (Å²) in [5.74, 6) is -0.184. The highest BCUT2D eigenvalue weighted by Gasteiger charge is 2.21. The number of carbonyl (C=O) groups is 2. The maximum Gasteiger partial charge on any atom is 0.303 e. The molecular formula is C13H21NO3. The molecule has 4 heteroatoms. The van der Waals surface area contributed by atoms with Gasteiger partial charge >= 0.3 is 5.97 Å². The summed E-state index contributed by atoms with van der Waals surface area (Å²) in [5.41, 5.74) is 1.02. The smallest absolute Gasteiger partial charge is 0.303 e. The molecule has 0 aromatic rings. The minimum Gasteiger partial charge on any atom is -0.481 e. The quantitative estimate of drug-likeness (QED) is 0.764. The molecule has 4 nitrogen and oxygen atoms in total. The molecule has 1 amide bonds. The lowest BCUT2D eigenvalue weighted by atomic mass is 9.92. The summed E-state index contributed by atoms with van der Waals surface area (Å²) >= 11 is 0. The maximum absolute atomic E-state index is 11.7. The van der Waals surface area contributed by atoms with Gasteiger partial charge in [0.15, 0.2) is 0 Å². The van der Waals surface area contributed by atoms with E-state index in [4.69, 9.17) is 5.11 Å². The van der Waals surface area contributed by atoms with E-state index < -0.39 is 5.97 Å². The third-order valence-electron chi connectivity index (χ3n) is 3.10. The van der Waals surface area contributed by atoms with E-state index in [1.54, 1.807) is 6.08 Å². The monoisotopic (exact) mass is 239 g/mol. The summed E-state index contributed by atoms with van der Waals surface area (Å²) in [4.78, 5) is 24.1. The first kappa shape index (κ1) is 13.7. The number of piperidine rings is 1. The van der Waals surface area contributed by atoms with Crippen LogP contribution in [0.4, 0.5) is 0 Å². The predicted octanol–water partition coefficient (Wildman–Crippen LogP) is 2.06. The number of carboxylic acids is 1. The third kappa shape index (κ3) is 5.02. The Morgan fingerprint density at radius 1 is 1.29 bits per heavy atom. The molecule has 1 aliphatic heterocycles. The van der Waals surface area contributed by atoms with E-state index in [1.807, 2.05) is 18.7 Å². The molecule has 0 saturated carbocycles. The zero-order valence-corrected chi connectivity index (χ0v) is 10.6. The number of carboxylic acid groups (broad SMARTS) is 1. The average molecular weight is 239 g/mol. The fourth-order valence-electron chi connectivity index (χ4n) is 2.11. The zero-order chi connectivity index (χ0) is 12.8. The number of nitrogens with zero attached hydrogens (tertiary/aromatic N) is 1. The Balaban J connectivity index is 2.33. The van der Waals surface area contributed by atoms with Gasteiger partial charge in [0.1, 0.15) is 0 Å². The van der Waals surface area contributed by atoms with Crippen LogP contribution in [-0.2, 0) is 9.59 Å². The number of likely N-dealkylation sites (tertiary alicyclic amines) is 1. The van der Waals surface area contributed by atoms with Gasteiger partial charge in [-0.1, -0.05) is 5.57 Å². The minimum atomic E-state index is -0.729. The number of amides is 1. The second kappa shape index (κ2) is 6.42. The Morgan fingerprint density at radius 3 is 2.35 bits per heavy atom. The number of rotatable bonds is 4. The number of allylic oxidation sites excluding steroid dienone is 1. The topological polar surface area (TPSA) is 57.6 Å². The van der Waals surface area contributed by atoms with Gasteiger partial charge in [-0.3, -0.25) is 9.59 Å². The lowest BCUT2D eigenvalue weighted by Gasteiger charge is -2.31. The van der Waals surface area contributed by atoms with Crippen LogP contribution < -0.4 is 0 Å². The van der Waals surface area contributed by atoms with Crippen molar-refractivity contribution in [1.82, 2.24) is 4.90 Å². The van der Waals surface area contributed by atoms with E-state index in [2.05, 4.69) is 0 Å². The molecule has 17 heavy (non-hydrogen) atoms. The van der Waals surface area contributed by atoms with Crippen molar-refractivity contribution in [2.75, 3.05) is 13.1 Å². The lowest BCUT2D eigenvalue weighted by molar-refractivity contribution is -0.137. The summed E-state index contributed by atoms with van der Waals surface area (Å²) in [7, 11) is 0. The Kier molecular flexibility index (Phi) is 5.19. The SMILES string of the molecule is CC(C)=CC(=O)N1CCC(CCC(=O)O)CC1. The molecule has 1 rings (SSSR count). The molecule has 0 aliphatic carbocycles. The molecule has 1 aliphatic rings. The normalized spacial score (nSPS) is 16.7. The molecule has 0 unspecified atom stereocenters. The second-order valence-corrected chi connectivity index (χ2v) is 4.92. The maximum atomic E-state index is 11.7. The van der Waals surface area contributed by atoms with Crippen LogP contribution in [-0.4, -0.2) is 35.0 Å². The molecular weight excluding hydrogens is 218 g/mol. The van der Waals surface area contributed by atoms with E-state index >= 15 is 0 Å². The van der Waals surface area contributed by atoms with Crippen molar-refractivity contribution in [3.8, 4) is 0 Å². The van der Waals surface area contributed by atoms with Crippen LogP contribution >= 0.6 is 0 Å². The van der Waals surface area contributed by atoms with Gasteiger partial charge in [-0.25, -0.2) is 0 Å². The van der Waals surface area contributed by atoms with Crippen molar-refractivity contribution in [1.29, 1.82) is 0 Å². The van der Waals surface area contributed by atoms with E-state index in [0.29, 0.717) is 5.92 Å². The van der Waals surface area contributed by atoms with E-state index in [0.717, 1.165) is 37.9 Å². The third-order valence-corrected chi connectivity index (χ3v) is 3.10. The van der Waals surface area contributed by atoms with Gasteiger partial charge in [-0.05, 0) is 39.0 Å². The van der Waals surface area contributed by atoms with Crippen molar-refractivity contribution < 1.29 is 14.7 Å². The Hall–Kier alpha value is -1.32. The number of hydrogen-bond donors (Lipinski definition) is 1. The van der Waals surface area contributed by atoms with E-state index in [9.17, 15) is 9.59 Å². The largest absolute Gasteiger partial charge is 0.481 e. The molecule has 1 saturated heterocycles. The summed E-state index contributed by atoms with van der Waals surface area (Å²) in [6.45, 7) is 5.34. The van der Waals surface area contributed by atoms with Crippen LogP contribution in [0.2, 0.25) is 0 Å². The van der Waals surface area contributed by atoms with Gasteiger partial charge in [0, 0.05) is 25.6 Å². The summed E-state index contributed by atoms with van der Waals surface area (Å²) in [6, 6.07) is 0. The molecule has 1 fully saturated rings. The van der Waals surface area contributed by atoms with Gasteiger partial charge in [0.25, 0.3) is 0 Å². The summed E-state index contributed by atoms with van der Waals surface area (Å²) in [6.07, 6.45) is 4.50. The molecule has 96 valence electrons. The van der Waals surface area contributed by atoms with Crippen LogP contribution in [0.5, 0.6) is 0 Å². The van der Waals surface area contributed by atoms with Crippen molar-refractivity contribution in [3.63, 3.8) is 0 Å². The van der Waals surface area contributed by atoms with Gasteiger partial charge in [-0.15, -0.1) is 0 Å². The van der Waals surface area contributed by atoms with Gasteiger partial charge in [-0.2, -0.15) is 0 Å². The standard InChI is InChI=1S/C13H21NO3/c1-10(2)9-12(15)14-7-5-11(6-8-14)3-4-13(16)17/h9,11H,3-8H2,1-2H3,(H,16,17). The summed E-state index contributed by atoms with van der Waals surface area (Å²) < 4.78 is 0. The van der Waals surface area contributed by atoms with Crippen LogP contribution in [0.15, 0.2) is 11.6 Å². The van der Waals surface area contributed by atoms with Crippen LogP contribution in [0, 0.1) is 5.92 Å². The Morgan fingerprint density at radius 2 is 1.88 bits per heavy atom. The number of hydrogen-bond acceptors (Lipinski definition) is 2. The number of aliphatic carboxylic acids is 1. The molecule has 0 aromatic carbocycles. The molecule has 0 atom stereocenters. The van der Waals surface area contributed by atoms with Crippen molar-refractivity contribution >= 4 is 11.9 Å². The van der Waals surface area contributed by atoms with Crippen LogP contribution in [0.1, 0.15) is 39.5 Å². The Bertz CT molecular complexity index is 311. The fourth-order valence-corrected chi connectivity index (χ4v) is 2.11. The van der Waals surface area contributed by atoms with Gasteiger partial charge < -0.3 is 10.0 Å². The van der Waals surface area contributed by atoms with E-state index in [1.165, 1.54) is 0 Å². The van der Waals surface area contributed by atoms with Crippen molar-refractivity contribution in [2.45, 2.75) is 39.5 Å². The molecule has 0 aromatic heterocycles. The first-order valence-corrected chi connectivity index (χ1v) is 6.14. The zero-order valence-electron chi connectivity index (χ0n) is 10.6. The summed E-state index contributed by atoms with van der Waals surface area (Å²) in [5, 5.41) is 8.61. The highest BCUT2D eigenvalue weighted by molar-refractivity contribution is 5.88. The van der Waals surface area contributed by atoms with E-state index in [-0.39, 0.29) is 12.3 Å². The first-order chi connectivity index (χ1) is 7.99. The number of carbonyl (C=O) groups excluding carboxylic acids is 1. The minimum absolute atomic E-state index is 0.0849.